The minimum absolute atomic E-state index is 0.0978. The summed E-state index contributed by atoms with van der Waals surface area (Å²) in [5.41, 5.74) is 0.785. The largest absolute Gasteiger partial charge is 0.493 e. The average Bonchev–Trinajstić information content (AvgIpc) is 2.96. The molecular formula is C17H18ClNO3S. The number of hydrogen-bond acceptors (Lipinski definition) is 4. The van der Waals surface area contributed by atoms with E-state index in [0.717, 1.165) is 14.8 Å². The predicted octanol–water partition coefficient (Wildman–Crippen LogP) is 4.09. The van der Waals surface area contributed by atoms with Gasteiger partial charge < -0.3 is 14.4 Å². The van der Waals surface area contributed by atoms with Crippen LogP contribution in [0.4, 0.5) is 0 Å². The van der Waals surface area contributed by atoms with Crippen LogP contribution in [0.3, 0.4) is 0 Å². The second-order valence-corrected chi connectivity index (χ2v) is 6.62. The van der Waals surface area contributed by atoms with Crippen LogP contribution >= 0.6 is 22.9 Å². The molecule has 0 aliphatic heterocycles. The van der Waals surface area contributed by atoms with Crippen molar-refractivity contribution >= 4 is 34.9 Å². The first-order valence-electron chi connectivity index (χ1n) is 6.93. The van der Waals surface area contributed by atoms with Crippen molar-refractivity contribution in [2.75, 3.05) is 21.3 Å². The SMILES string of the molecule is COc1cccc(/C=C/C(=O)N(C)Cc2ccc(Cl)s2)c1OC. The minimum atomic E-state index is -0.0978. The zero-order chi connectivity index (χ0) is 16.8. The lowest BCUT2D eigenvalue weighted by Crippen LogP contribution is -2.23. The highest BCUT2D eigenvalue weighted by Gasteiger charge is 2.10. The summed E-state index contributed by atoms with van der Waals surface area (Å²) in [6.45, 7) is 0.524. The molecule has 0 spiro atoms. The zero-order valence-electron chi connectivity index (χ0n) is 13.2. The summed E-state index contributed by atoms with van der Waals surface area (Å²) in [5.74, 6) is 1.13. The number of ether oxygens (including phenoxy) is 2. The molecule has 6 heteroatoms. The number of halogens is 1. The molecule has 0 aliphatic carbocycles. The average molecular weight is 352 g/mol. The highest BCUT2D eigenvalue weighted by Crippen LogP contribution is 2.31. The molecule has 0 unspecified atom stereocenters. The summed E-state index contributed by atoms with van der Waals surface area (Å²) in [5, 5.41) is 0. The Kier molecular flexibility index (Phi) is 6.07. The van der Waals surface area contributed by atoms with Crippen LogP contribution in [0.2, 0.25) is 4.34 Å². The Balaban J connectivity index is 2.08. The molecule has 1 heterocycles. The Hall–Kier alpha value is -1.98. The van der Waals surface area contributed by atoms with Crippen LogP contribution in [0.1, 0.15) is 10.4 Å². The van der Waals surface area contributed by atoms with Gasteiger partial charge in [0.05, 0.1) is 25.1 Å². The van der Waals surface area contributed by atoms with Crippen molar-refractivity contribution in [1.29, 1.82) is 0 Å². The van der Waals surface area contributed by atoms with Crippen LogP contribution in [0.5, 0.6) is 11.5 Å². The van der Waals surface area contributed by atoms with E-state index in [4.69, 9.17) is 21.1 Å². The molecule has 23 heavy (non-hydrogen) atoms. The van der Waals surface area contributed by atoms with Crippen LogP contribution in [0.15, 0.2) is 36.4 Å². The smallest absolute Gasteiger partial charge is 0.246 e. The van der Waals surface area contributed by atoms with Crippen molar-refractivity contribution in [3.8, 4) is 11.5 Å². The minimum Gasteiger partial charge on any atom is -0.493 e. The number of hydrogen-bond donors (Lipinski definition) is 0. The fraction of sp³-hybridized carbons (Fsp3) is 0.235. The standard InChI is InChI=1S/C17H18ClNO3S/c1-19(11-13-8-9-15(18)23-13)16(20)10-7-12-5-4-6-14(21-2)17(12)22-3/h4-10H,11H2,1-3H3/b10-7+. The van der Waals surface area contributed by atoms with Gasteiger partial charge in [-0.3, -0.25) is 4.79 Å². The third-order valence-electron chi connectivity index (χ3n) is 3.24. The van der Waals surface area contributed by atoms with Gasteiger partial charge >= 0.3 is 0 Å². The van der Waals surface area contributed by atoms with Crippen molar-refractivity contribution in [2.45, 2.75) is 6.54 Å². The molecule has 1 aromatic carbocycles. The van der Waals surface area contributed by atoms with Crippen molar-refractivity contribution < 1.29 is 14.3 Å². The molecule has 0 saturated carbocycles. The summed E-state index contributed by atoms with van der Waals surface area (Å²) in [4.78, 5) is 14.9. The normalized spacial score (nSPS) is 10.8. The fourth-order valence-corrected chi connectivity index (χ4v) is 3.22. The number of likely N-dealkylation sites (N-methyl/N-ethyl adjacent to an activating group) is 1. The Bertz CT molecular complexity index is 712. The molecule has 0 N–H and O–H groups in total. The van der Waals surface area contributed by atoms with Crippen LogP contribution in [0, 0.1) is 0 Å². The van der Waals surface area contributed by atoms with Crippen LogP contribution in [-0.4, -0.2) is 32.1 Å². The van der Waals surface area contributed by atoms with E-state index in [9.17, 15) is 4.79 Å². The molecule has 0 aliphatic rings. The Labute approximate surface area is 144 Å². The molecule has 2 aromatic rings. The summed E-state index contributed by atoms with van der Waals surface area (Å²) < 4.78 is 11.3. The number of carbonyl (C=O) groups excluding carboxylic acids is 1. The van der Waals surface area contributed by atoms with Gasteiger partial charge in [0, 0.05) is 23.6 Å². The molecule has 0 radical (unpaired) electrons. The van der Waals surface area contributed by atoms with E-state index in [1.165, 1.54) is 17.4 Å². The number of methoxy groups -OCH3 is 2. The van der Waals surface area contributed by atoms with E-state index < -0.39 is 0 Å². The van der Waals surface area contributed by atoms with Crippen molar-refractivity contribution in [2.24, 2.45) is 0 Å². The molecule has 1 amide bonds. The molecule has 0 atom stereocenters. The number of para-hydroxylation sites is 1. The second kappa shape index (κ2) is 8.04. The van der Waals surface area contributed by atoms with Gasteiger partial charge in [0.1, 0.15) is 0 Å². The van der Waals surface area contributed by atoms with Crippen LogP contribution in [0.25, 0.3) is 6.08 Å². The first-order chi connectivity index (χ1) is 11.0. The second-order valence-electron chi connectivity index (χ2n) is 4.82. The summed E-state index contributed by atoms with van der Waals surface area (Å²) in [6, 6.07) is 9.28. The Morgan fingerprint density at radius 1 is 1.26 bits per heavy atom. The molecule has 0 bridgehead atoms. The molecule has 4 nitrogen and oxygen atoms in total. The van der Waals surface area contributed by atoms with Gasteiger partial charge in [-0.1, -0.05) is 23.7 Å². The number of rotatable bonds is 6. The molecule has 0 saturated heterocycles. The Morgan fingerprint density at radius 3 is 2.65 bits per heavy atom. The van der Waals surface area contributed by atoms with Crippen molar-refractivity contribution in [3.05, 3.63) is 51.2 Å². The highest BCUT2D eigenvalue weighted by atomic mass is 35.5. The number of carbonyl (C=O) groups is 1. The highest BCUT2D eigenvalue weighted by molar-refractivity contribution is 7.16. The van der Waals surface area contributed by atoms with E-state index in [1.54, 1.807) is 32.2 Å². The van der Waals surface area contributed by atoms with Gasteiger partial charge in [-0.25, -0.2) is 0 Å². The van der Waals surface area contributed by atoms with Crippen molar-refractivity contribution in [1.82, 2.24) is 4.90 Å². The van der Waals surface area contributed by atoms with E-state index in [-0.39, 0.29) is 5.91 Å². The van der Waals surface area contributed by atoms with Gasteiger partial charge in [-0.15, -0.1) is 11.3 Å². The fourth-order valence-electron chi connectivity index (χ4n) is 2.08. The quantitative estimate of drug-likeness (QED) is 0.736. The molecule has 0 fully saturated rings. The number of amides is 1. The zero-order valence-corrected chi connectivity index (χ0v) is 14.8. The van der Waals surface area contributed by atoms with Crippen molar-refractivity contribution in [3.63, 3.8) is 0 Å². The molecule has 122 valence electrons. The molecular weight excluding hydrogens is 334 g/mol. The van der Waals surface area contributed by atoms with Gasteiger partial charge in [-0.2, -0.15) is 0 Å². The van der Waals surface area contributed by atoms with E-state index >= 15 is 0 Å². The van der Waals surface area contributed by atoms with Gasteiger partial charge in [0.25, 0.3) is 0 Å². The predicted molar refractivity (Wildman–Crippen MR) is 94.4 cm³/mol. The summed E-state index contributed by atoms with van der Waals surface area (Å²) >= 11 is 7.37. The molecule has 2 rings (SSSR count). The van der Waals surface area contributed by atoms with Crippen LogP contribution < -0.4 is 9.47 Å². The lowest BCUT2D eigenvalue weighted by Gasteiger charge is -2.14. The lowest BCUT2D eigenvalue weighted by atomic mass is 10.1. The van der Waals surface area contributed by atoms with E-state index in [1.807, 2.05) is 30.3 Å². The number of benzene rings is 1. The maximum atomic E-state index is 12.2. The maximum Gasteiger partial charge on any atom is 0.246 e. The topological polar surface area (TPSA) is 38.8 Å². The maximum absolute atomic E-state index is 12.2. The third kappa shape index (κ3) is 4.50. The van der Waals surface area contributed by atoms with Gasteiger partial charge in [-0.05, 0) is 24.3 Å². The molecule has 1 aromatic heterocycles. The monoisotopic (exact) mass is 351 g/mol. The third-order valence-corrected chi connectivity index (χ3v) is 4.45. The number of nitrogens with zero attached hydrogens (tertiary/aromatic N) is 1. The van der Waals surface area contributed by atoms with Gasteiger partial charge in [0.2, 0.25) is 5.91 Å². The van der Waals surface area contributed by atoms with E-state index in [0.29, 0.717) is 18.0 Å². The number of thiophene rings is 1. The summed E-state index contributed by atoms with van der Waals surface area (Å²) in [7, 11) is 4.91. The van der Waals surface area contributed by atoms with E-state index in [2.05, 4.69) is 0 Å². The van der Waals surface area contributed by atoms with Gasteiger partial charge in [0.15, 0.2) is 11.5 Å². The Morgan fingerprint density at radius 2 is 2.04 bits per heavy atom. The lowest BCUT2D eigenvalue weighted by molar-refractivity contribution is -0.125. The first kappa shape index (κ1) is 17.4. The van der Waals surface area contributed by atoms with Crippen LogP contribution in [-0.2, 0) is 11.3 Å². The first-order valence-corrected chi connectivity index (χ1v) is 8.13. The summed E-state index contributed by atoms with van der Waals surface area (Å²) in [6.07, 6.45) is 3.24.